The maximum Gasteiger partial charge on any atom is 0.251 e. The molecule has 8 heteroatoms. The predicted molar refractivity (Wildman–Crippen MR) is 104 cm³/mol. The zero-order valence-corrected chi connectivity index (χ0v) is 16.9. The van der Waals surface area contributed by atoms with Gasteiger partial charge in [-0.1, -0.05) is 22.0 Å². The Morgan fingerprint density at radius 3 is 2.19 bits per heavy atom. The lowest BCUT2D eigenvalue weighted by Crippen LogP contribution is -2.36. The number of benzene rings is 2. The first kappa shape index (κ1) is 20.6. The largest absolute Gasteiger partial charge is 0.493 e. The second-order valence-corrected chi connectivity index (χ2v) is 6.42. The van der Waals surface area contributed by atoms with Crippen LogP contribution in [0.5, 0.6) is 17.2 Å². The lowest BCUT2D eigenvalue weighted by Gasteiger charge is -2.14. The van der Waals surface area contributed by atoms with E-state index in [1.54, 1.807) is 30.3 Å². The summed E-state index contributed by atoms with van der Waals surface area (Å²) in [6.45, 7) is 0.123. The molecule has 2 rings (SSSR count). The Morgan fingerprint density at radius 1 is 0.963 bits per heavy atom. The van der Waals surface area contributed by atoms with Gasteiger partial charge >= 0.3 is 0 Å². The number of hydrogen-bond acceptors (Lipinski definition) is 5. The summed E-state index contributed by atoms with van der Waals surface area (Å²) >= 11 is 3.31. The van der Waals surface area contributed by atoms with Gasteiger partial charge in [0.1, 0.15) is 0 Å². The summed E-state index contributed by atoms with van der Waals surface area (Å²) in [6.07, 6.45) is 0. The number of carbonyl (C=O) groups is 2. The van der Waals surface area contributed by atoms with Crippen LogP contribution in [0.2, 0.25) is 0 Å². The molecule has 0 unspecified atom stereocenters. The monoisotopic (exact) mass is 436 g/mol. The number of ether oxygens (including phenoxy) is 3. The van der Waals surface area contributed by atoms with Gasteiger partial charge in [0.15, 0.2) is 11.5 Å². The molecule has 0 saturated carbocycles. The van der Waals surface area contributed by atoms with Crippen LogP contribution in [0.15, 0.2) is 40.9 Å². The molecule has 0 bridgehead atoms. The molecular formula is C19H21BrN2O5. The van der Waals surface area contributed by atoms with Gasteiger partial charge in [0.2, 0.25) is 11.7 Å². The van der Waals surface area contributed by atoms with Gasteiger partial charge in [0.05, 0.1) is 27.9 Å². The van der Waals surface area contributed by atoms with Crippen LogP contribution >= 0.6 is 15.9 Å². The van der Waals surface area contributed by atoms with E-state index in [0.29, 0.717) is 22.8 Å². The van der Waals surface area contributed by atoms with E-state index in [4.69, 9.17) is 14.2 Å². The fraction of sp³-hybridized carbons (Fsp3) is 0.263. The molecule has 0 radical (unpaired) electrons. The number of nitrogens with one attached hydrogen (secondary N) is 2. The number of methoxy groups -OCH3 is 3. The van der Waals surface area contributed by atoms with Crippen molar-refractivity contribution in [2.24, 2.45) is 0 Å². The first-order valence-electron chi connectivity index (χ1n) is 8.07. The molecule has 2 N–H and O–H groups in total. The molecule has 0 aliphatic rings. The van der Waals surface area contributed by atoms with Gasteiger partial charge in [0.25, 0.3) is 5.91 Å². The van der Waals surface area contributed by atoms with Crippen molar-refractivity contribution in [1.29, 1.82) is 0 Å². The van der Waals surface area contributed by atoms with E-state index in [1.165, 1.54) is 21.3 Å². The Balaban J connectivity index is 1.92. The normalized spacial score (nSPS) is 10.1. The van der Waals surface area contributed by atoms with Crippen LogP contribution in [-0.4, -0.2) is 39.7 Å². The van der Waals surface area contributed by atoms with Gasteiger partial charge in [-0.3, -0.25) is 9.59 Å². The molecule has 0 spiro atoms. The van der Waals surface area contributed by atoms with Gasteiger partial charge in [0, 0.05) is 16.6 Å². The van der Waals surface area contributed by atoms with E-state index >= 15 is 0 Å². The number of rotatable bonds is 8. The van der Waals surface area contributed by atoms with E-state index in [9.17, 15) is 9.59 Å². The first-order chi connectivity index (χ1) is 13.0. The second kappa shape index (κ2) is 9.82. The van der Waals surface area contributed by atoms with E-state index < -0.39 is 0 Å². The van der Waals surface area contributed by atoms with Gasteiger partial charge < -0.3 is 24.8 Å². The molecule has 0 saturated heterocycles. The summed E-state index contributed by atoms with van der Waals surface area (Å²) in [6, 6.07) is 10.4. The Morgan fingerprint density at radius 2 is 1.63 bits per heavy atom. The molecule has 144 valence electrons. The SMILES string of the molecule is COc1cc(CNC(=O)CNC(=O)c2cccc(Br)c2)cc(OC)c1OC. The van der Waals surface area contributed by atoms with Crippen LogP contribution in [0.4, 0.5) is 0 Å². The molecule has 0 aliphatic heterocycles. The second-order valence-electron chi connectivity index (χ2n) is 5.50. The highest BCUT2D eigenvalue weighted by molar-refractivity contribution is 9.10. The fourth-order valence-electron chi connectivity index (χ4n) is 2.39. The van der Waals surface area contributed by atoms with Gasteiger partial charge in [-0.15, -0.1) is 0 Å². The minimum absolute atomic E-state index is 0.129. The molecular weight excluding hydrogens is 416 g/mol. The molecule has 27 heavy (non-hydrogen) atoms. The summed E-state index contributed by atoms with van der Waals surface area (Å²) < 4.78 is 16.6. The zero-order valence-electron chi connectivity index (χ0n) is 15.3. The summed E-state index contributed by atoms with van der Waals surface area (Å²) in [5.74, 6) is 0.857. The number of carbonyl (C=O) groups excluding carboxylic acids is 2. The van der Waals surface area contributed by atoms with Crippen molar-refractivity contribution in [2.75, 3.05) is 27.9 Å². The standard InChI is InChI=1S/C19H21BrN2O5/c1-25-15-7-12(8-16(26-2)18(15)27-3)10-21-17(23)11-22-19(24)13-5-4-6-14(20)9-13/h4-9H,10-11H2,1-3H3,(H,21,23)(H,22,24). The number of amides is 2. The third-order valence-corrected chi connectivity index (χ3v) is 4.20. The van der Waals surface area contributed by atoms with Crippen molar-refractivity contribution >= 4 is 27.7 Å². The van der Waals surface area contributed by atoms with Crippen molar-refractivity contribution in [3.05, 3.63) is 52.0 Å². The van der Waals surface area contributed by atoms with Crippen LogP contribution in [0.3, 0.4) is 0 Å². The minimum atomic E-state index is -0.320. The molecule has 2 aromatic rings. The lowest BCUT2D eigenvalue weighted by atomic mass is 10.1. The van der Waals surface area contributed by atoms with Crippen molar-refractivity contribution in [3.63, 3.8) is 0 Å². The average Bonchev–Trinajstić information content (AvgIpc) is 2.69. The highest BCUT2D eigenvalue weighted by atomic mass is 79.9. The summed E-state index contributed by atoms with van der Waals surface area (Å²) in [7, 11) is 4.57. The van der Waals surface area contributed by atoms with Crippen molar-refractivity contribution in [2.45, 2.75) is 6.54 Å². The molecule has 0 atom stereocenters. The molecule has 7 nitrogen and oxygen atoms in total. The highest BCUT2D eigenvalue weighted by Gasteiger charge is 2.14. The van der Waals surface area contributed by atoms with Crippen molar-refractivity contribution in [1.82, 2.24) is 10.6 Å². The first-order valence-corrected chi connectivity index (χ1v) is 8.87. The minimum Gasteiger partial charge on any atom is -0.493 e. The van der Waals surface area contributed by atoms with E-state index in [-0.39, 0.29) is 24.9 Å². The Hall–Kier alpha value is -2.74. The quantitative estimate of drug-likeness (QED) is 0.663. The molecule has 0 fully saturated rings. The number of halogens is 1. The molecule has 0 heterocycles. The average molecular weight is 437 g/mol. The molecule has 2 amide bonds. The van der Waals surface area contributed by atoms with Crippen molar-refractivity contribution < 1.29 is 23.8 Å². The Labute approximate surface area is 166 Å². The van der Waals surface area contributed by atoms with Crippen molar-refractivity contribution in [3.8, 4) is 17.2 Å². The van der Waals surface area contributed by atoms with Crippen LogP contribution in [0.25, 0.3) is 0 Å². The Bertz CT molecular complexity index is 800. The van der Waals surface area contributed by atoms with Gasteiger partial charge in [-0.2, -0.15) is 0 Å². The molecule has 0 aliphatic carbocycles. The molecule has 0 aromatic heterocycles. The zero-order chi connectivity index (χ0) is 19.8. The third kappa shape index (κ3) is 5.62. The highest BCUT2D eigenvalue weighted by Crippen LogP contribution is 2.38. The van der Waals surface area contributed by atoms with Gasteiger partial charge in [-0.25, -0.2) is 0 Å². The van der Waals surface area contributed by atoms with E-state index in [1.807, 2.05) is 6.07 Å². The van der Waals surface area contributed by atoms with Crippen LogP contribution in [0.1, 0.15) is 15.9 Å². The fourth-order valence-corrected chi connectivity index (χ4v) is 2.79. The summed E-state index contributed by atoms with van der Waals surface area (Å²) in [4.78, 5) is 24.1. The van der Waals surface area contributed by atoms with Crippen LogP contribution in [0, 0.1) is 0 Å². The molecule has 2 aromatic carbocycles. The smallest absolute Gasteiger partial charge is 0.251 e. The topological polar surface area (TPSA) is 85.9 Å². The van der Waals surface area contributed by atoms with Crippen LogP contribution in [-0.2, 0) is 11.3 Å². The predicted octanol–water partition coefficient (Wildman–Crippen LogP) is 2.52. The number of hydrogen-bond donors (Lipinski definition) is 2. The summed E-state index contributed by atoms with van der Waals surface area (Å²) in [5.41, 5.74) is 1.25. The van der Waals surface area contributed by atoms with Gasteiger partial charge in [-0.05, 0) is 35.9 Å². The Kier molecular flexibility index (Phi) is 7.48. The van der Waals surface area contributed by atoms with E-state index in [0.717, 1.165) is 10.0 Å². The van der Waals surface area contributed by atoms with Crippen LogP contribution < -0.4 is 24.8 Å². The van der Waals surface area contributed by atoms with E-state index in [2.05, 4.69) is 26.6 Å². The maximum atomic E-state index is 12.1. The lowest BCUT2D eigenvalue weighted by molar-refractivity contribution is -0.120. The third-order valence-electron chi connectivity index (χ3n) is 3.71. The summed E-state index contributed by atoms with van der Waals surface area (Å²) in [5, 5.41) is 5.33. The maximum absolute atomic E-state index is 12.1.